The van der Waals surface area contributed by atoms with Gasteiger partial charge in [0.25, 0.3) is 0 Å². The molecular weight excluding hydrogens is 234 g/mol. The molecule has 3 rings (SSSR count). The summed E-state index contributed by atoms with van der Waals surface area (Å²) in [5.41, 5.74) is 12.0. The summed E-state index contributed by atoms with van der Waals surface area (Å²) in [7, 11) is 0. The van der Waals surface area contributed by atoms with Crippen LogP contribution < -0.4 is 10.6 Å². The Bertz CT molecular complexity index is 619. The topological polar surface area (TPSA) is 42.2 Å². The van der Waals surface area contributed by atoms with Crippen LogP contribution >= 0.6 is 0 Å². The number of pyridine rings is 1. The Morgan fingerprint density at radius 2 is 2.05 bits per heavy atom. The van der Waals surface area contributed by atoms with E-state index < -0.39 is 0 Å². The van der Waals surface area contributed by atoms with Gasteiger partial charge in [-0.3, -0.25) is 0 Å². The number of nitrogens with two attached hydrogens (primary N) is 1. The predicted octanol–water partition coefficient (Wildman–Crippen LogP) is 3.36. The number of fused-ring (bicyclic) bond motifs is 1. The van der Waals surface area contributed by atoms with Crippen LogP contribution in [0.5, 0.6) is 0 Å². The van der Waals surface area contributed by atoms with Gasteiger partial charge >= 0.3 is 0 Å². The summed E-state index contributed by atoms with van der Waals surface area (Å²) in [5.74, 6) is 0.893. The maximum absolute atomic E-state index is 6.20. The Kier molecular flexibility index (Phi) is 2.90. The quantitative estimate of drug-likeness (QED) is 0.847. The monoisotopic (exact) mass is 253 g/mol. The molecule has 3 nitrogen and oxygen atoms in total. The van der Waals surface area contributed by atoms with Crippen LogP contribution in [0, 0.1) is 13.8 Å². The van der Waals surface area contributed by atoms with Crippen LogP contribution in [0.1, 0.15) is 23.1 Å². The highest BCUT2D eigenvalue weighted by molar-refractivity contribution is 5.75. The summed E-state index contributed by atoms with van der Waals surface area (Å²) >= 11 is 0. The van der Waals surface area contributed by atoms with E-state index in [4.69, 9.17) is 5.73 Å². The molecule has 0 atom stereocenters. The van der Waals surface area contributed by atoms with Crippen LogP contribution in [0.3, 0.4) is 0 Å². The average Bonchev–Trinajstić information content (AvgIpc) is 2.41. The molecule has 0 fully saturated rings. The summed E-state index contributed by atoms with van der Waals surface area (Å²) in [6, 6.07) is 8.57. The van der Waals surface area contributed by atoms with Gasteiger partial charge in [-0.1, -0.05) is 17.7 Å². The minimum absolute atomic E-state index is 0.788. The van der Waals surface area contributed by atoms with E-state index in [-0.39, 0.29) is 0 Å². The number of aryl methyl sites for hydroxylation is 3. The molecule has 1 aromatic heterocycles. The van der Waals surface area contributed by atoms with E-state index in [1.807, 2.05) is 19.2 Å². The number of anilines is 3. The van der Waals surface area contributed by atoms with Crippen LogP contribution in [0.15, 0.2) is 30.5 Å². The number of rotatable bonds is 1. The fourth-order valence-electron chi connectivity index (χ4n) is 2.72. The van der Waals surface area contributed by atoms with Gasteiger partial charge in [-0.05, 0) is 49.9 Å². The van der Waals surface area contributed by atoms with Crippen LogP contribution in [0.2, 0.25) is 0 Å². The van der Waals surface area contributed by atoms with Crippen molar-refractivity contribution >= 4 is 17.2 Å². The van der Waals surface area contributed by atoms with E-state index in [1.54, 1.807) is 0 Å². The Hall–Kier alpha value is -2.03. The molecule has 1 aliphatic heterocycles. The second kappa shape index (κ2) is 4.57. The second-order valence-electron chi connectivity index (χ2n) is 5.25. The molecule has 0 bridgehead atoms. The molecule has 0 unspecified atom stereocenters. The molecule has 98 valence electrons. The molecule has 19 heavy (non-hydrogen) atoms. The van der Waals surface area contributed by atoms with Crippen molar-refractivity contribution in [3.63, 3.8) is 0 Å². The highest BCUT2D eigenvalue weighted by Crippen LogP contribution is 2.36. The lowest BCUT2D eigenvalue weighted by Crippen LogP contribution is -2.26. The zero-order chi connectivity index (χ0) is 13.4. The number of nitrogens with zero attached hydrogens (tertiary/aromatic N) is 2. The first-order valence-corrected chi connectivity index (χ1v) is 6.75. The molecule has 0 spiro atoms. The van der Waals surface area contributed by atoms with Crippen molar-refractivity contribution in [3.05, 3.63) is 47.2 Å². The smallest absolute Gasteiger partial charge is 0.156 e. The Morgan fingerprint density at radius 3 is 2.89 bits per heavy atom. The number of aromatic nitrogens is 1. The van der Waals surface area contributed by atoms with Crippen LogP contribution in [-0.2, 0) is 6.42 Å². The van der Waals surface area contributed by atoms with E-state index in [1.165, 1.54) is 16.8 Å². The molecule has 0 amide bonds. The number of benzene rings is 1. The Labute approximate surface area is 114 Å². The van der Waals surface area contributed by atoms with Crippen LogP contribution in [0.25, 0.3) is 0 Å². The second-order valence-corrected chi connectivity index (χ2v) is 5.25. The molecule has 2 aromatic rings. The van der Waals surface area contributed by atoms with Crippen molar-refractivity contribution in [1.82, 2.24) is 4.98 Å². The fourth-order valence-corrected chi connectivity index (χ4v) is 2.72. The van der Waals surface area contributed by atoms with Gasteiger partial charge in [-0.15, -0.1) is 0 Å². The zero-order valence-corrected chi connectivity index (χ0v) is 11.5. The third kappa shape index (κ3) is 2.05. The largest absolute Gasteiger partial charge is 0.396 e. The molecule has 2 N–H and O–H groups in total. The molecule has 0 aliphatic carbocycles. The molecule has 1 aliphatic rings. The maximum Gasteiger partial charge on any atom is 0.156 e. The van der Waals surface area contributed by atoms with Crippen molar-refractivity contribution in [1.29, 1.82) is 0 Å². The third-order valence-electron chi connectivity index (χ3n) is 3.80. The lowest BCUT2D eigenvalue weighted by molar-refractivity contribution is 0.759. The van der Waals surface area contributed by atoms with E-state index >= 15 is 0 Å². The third-order valence-corrected chi connectivity index (χ3v) is 3.80. The van der Waals surface area contributed by atoms with Crippen molar-refractivity contribution in [3.8, 4) is 0 Å². The van der Waals surface area contributed by atoms with Crippen molar-refractivity contribution in [2.24, 2.45) is 0 Å². The highest BCUT2D eigenvalue weighted by Gasteiger charge is 2.21. The summed E-state index contributed by atoms with van der Waals surface area (Å²) in [6.45, 7) is 5.15. The minimum Gasteiger partial charge on any atom is -0.396 e. The van der Waals surface area contributed by atoms with Gasteiger partial charge in [0.1, 0.15) is 0 Å². The van der Waals surface area contributed by atoms with Gasteiger partial charge in [-0.25, -0.2) is 4.98 Å². The van der Waals surface area contributed by atoms with Gasteiger partial charge < -0.3 is 10.6 Å². The molecule has 0 radical (unpaired) electrons. The molecular formula is C16H19N3. The summed E-state index contributed by atoms with van der Waals surface area (Å²) in [4.78, 5) is 6.74. The van der Waals surface area contributed by atoms with Gasteiger partial charge in [0, 0.05) is 18.4 Å². The normalized spacial score (nSPS) is 14.3. The lowest BCUT2D eigenvalue weighted by Gasteiger charge is -2.31. The number of hydrogen-bond acceptors (Lipinski definition) is 3. The van der Waals surface area contributed by atoms with Crippen molar-refractivity contribution in [2.75, 3.05) is 17.2 Å². The van der Waals surface area contributed by atoms with Crippen LogP contribution in [-0.4, -0.2) is 11.5 Å². The molecule has 2 heterocycles. The van der Waals surface area contributed by atoms with E-state index in [0.29, 0.717) is 0 Å². The van der Waals surface area contributed by atoms with Gasteiger partial charge in [-0.2, -0.15) is 0 Å². The Morgan fingerprint density at radius 1 is 1.21 bits per heavy atom. The van der Waals surface area contributed by atoms with E-state index in [9.17, 15) is 0 Å². The summed E-state index contributed by atoms with van der Waals surface area (Å²) in [6.07, 6.45) is 4.12. The van der Waals surface area contributed by atoms with Crippen molar-refractivity contribution < 1.29 is 0 Å². The van der Waals surface area contributed by atoms with Gasteiger partial charge in [0.15, 0.2) is 5.82 Å². The van der Waals surface area contributed by atoms with Crippen molar-refractivity contribution in [2.45, 2.75) is 26.7 Å². The zero-order valence-electron chi connectivity index (χ0n) is 11.5. The first-order chi connectivity index (χ1) is 9.16. The number of hydrogen-bond donors (Lipinski definition) is 1. The minimum atomic E-state index is 0.788. The Balaban J connectivity index is 2.11. The fraction of sp³-hybridized carbons (Fsp3) is 0.312. The predicted molar refractivity (Wildman–Crippen MR) is 79.9 cm³/mol. The van der Waals surface area contributed by atoms with Gasteiger partial charge in [0.05, 0.1) is 5.69 Å². The maximum atomic E-state index is 6.20. The summed E-state index contributed by atoms with van der Waals surface area (Å²) in [5, 5.41) is 0. The standard InChI is InChI=1S/C16H19N3/c1-11-5-6-14-13(10-11)4-3-9-19(14)16-15(17)12(2)7-8-18-16/h5-8,10H,3-4,9,17H2,1-2H3. The summed E-state index contributed by atoms with van der Waals surface area (Å²) < 4.78 is 0. The molecule has 3 heteroatoms. The number of nitrogen functional groups attached to an aromatic ring is 1. The first-order valence-electron chi connectivity index (χ1n) is 6.75. The highest BCUT2D eigenvalue weighted by atomic mass is 15.2. The SMILES string of the molecule is Cc1ccc2c(c1)CCCN2c1nccc(C)c1N. The first kappa shape index (κ1) is 12.0. The van der Waals surface area contributed by atoms with E-state index in [0.717, 1.165) is 36.5 Å². The molecule has 0 saturated heterocycles. The van der Waals surface area contributed by atoms with Crippen LogP contribution in [0.4, 0.5) is 17.2 Å². The van der Waals surface area contributed by atoms with E-state index in [2.05, 4.69) is 35.0 Å². The average molecular weight is 253 g/mol. The molecule has 1 aromatic carbocycles. The van der Waals surface area contributed by atoms with Gasteiger partial charge in [0.2, 0.25) is 0 Å². The lowest BCUT2D eigenvalue weighted by atomic mass is 9.99. The molecule has 0 saturated carbocycles.